The van der Waals surface area contributed by atoms with Gasteiger partial charge in [-0.1, -0.05) is 35.9 Å². The molecule has 1 heterocycles. The van der Waals surface area contributed by atoms with Gasteiger partial charge in [0.25, 0.3) is 17.4 Å². The van der Waals surface area contributed by atoms with E-state index in [1.54, 1.807) is 24.3 Å². The highest BCUT2D eigenvalue weighted by molar-refractivity contribution is 6.30. The molecule has 0 saturated heterocycles. The Kier molecular flexibility index (Phi) is 6.45. The number of hydrogen-bond acceptors (Lipinski definition) is 3. The molecule has 0 spiro atoms. The van der Waals surface area contributed by atoms with Gasteiger partial charge in [-0.3, -0.25) is 25.2 Å². The summed E-state index contributed by atoms with van der Waals surface area (Å²) in [5.74, 6) is -1.93. The van der Waals surface area contributed by atoms with Crippen LogP contribution in [-0.4, -0.2) is 16.4 Å². The number of halogens is 4. The average molecular weight is 450 g/mol. The maximum Gasteiger partial charge on any atom is 0.417 e. The Labute approximate surface area is 179 Å². The first-order valence-electron chi connectivity index (χ1n) is 8.87. The van der Waals surface area contributed by atoms with Crippen LogP contribution in [0.1, 0.15) is 31.8 Å². The van der Waals surface area contributed by atoms with Crippen LogP contribution in [0.25, 0.3) is 0 Å². The number of hydrazine groups is 1. The summed E-state index contributed by atoms with van der Waals surface area (Å²) >= 11 is 5.83. The molecule has 0 aliphatic heterocycles. The molecule has 160 valence electrons. The Morgan fingerprint density at radius 1 is 0.903 bits per heavy atom. The van der Waals surface area contributed by atoms with Crippen LogP contribution in [0, 0.1) is 0 Å². The predicted molar refractivity (Wildman–Crippen MR) is 108 cm³/mol. The number of hydrogen-bond donors (Lipinski definition) is 2. The average Bonchev–Trinajstić information content (AvgIpc) is 2.74. The molecule has 0 bridgehead atoms. The van der Waals surface area contributed by atoms with Gasteiger partial charge in [0.2, 0.25) is 0 Å². The van der Waals surface area contributed by atoms with E-state index in [0.29, 0.717) is 5.02 Å². The molecule has 1 aromatic heterocycles. The SMILES string of the molecule is O=C(NNC(=O)c1ccccc1C(F)(F)F)c1ccc(=O)n(Cc2ccc(Cl)cc2)c1. The summed E-state index contributed by atoms with van der Waals surface area (Å²) < 4.78 is 40.4. The molecule has 0 fully saturated rings. The van der Waals surface area contributed by atoms with Crippen LogP contribution in [-0.2, 0) is 12.7 Å². The van der Waals surface area contributed by atoms with Crippen LogP contribution in [0.5, 0.6) is 0 Å². The highest BCUT2D eigenvalue weighted by Crippen LogP contribution is 2.31. The molecule has 2 aromatic carbocycles. The van der Waals surface area contributed by atoms with E-state index in [-0.39, 0.29) is 17.7 Å². The van der Waals surface area contributed by atoms with Crippen molar-refractivity contribution in [2.45, 2.75) is 12.7 Å². The van der Waals surface area contributed by atoms with Crippen molar-refractivity contribution in [1.82, 2.24) is 15.4 Å². The summed E-state index contributed by atoms with van der Waals surface area (Å²) in [6.07, 6.45) is -3.45. The molecule has 3 rings (SSSR count). The standard InChI is InChI=1S/C21H15ClF3N3O3/c22-15-8-5-13(6-9-15)11-28-12-14(7-10-18(28)29)19(30)26-27-20(31)16-3-1-2-4-17(16)21(23,24)25/h1-10,12H,11H2,(H,26,30)(H,27,31). The van der Waals surface area contributed by atoms with Crippen molar-refractivity contribution in [3.63, 3.8) is 0 Å². The lowest BCUT2D eigenvalue weighted by Gasteiger charge is -2.13. The van der Waals surface area contributed by atoms with Crippen LogP contribution >= 0.6 is 11.6 Å². The summed E-state index contributed by atoms with van der Waals surface area (Å²) in [7, 11) is 0. The number of rotatable bonds is 4. The summed E-state index contributed by atoms with van der Waals surface area (Å²) in [6, 6.07) is 13.4. The zero-order valence-corrected chi connectivity index (χ0v) is 16.5. The fraction of sp³-hybridized carbons (Fsp3) is 0.0952. The molecule has 10 heteroatoms. The van der Waals surface area contributed by atoms with E-state index >= 15 is 0 Å². The van der Waals surface area contributed by atoms with E-state index in [9.17, 15) is 27.6 Å². The minimum atomic E-state index is -4.73. The number of amides is 2. The van der Waals surface area contributed by atoms with E-state index < -0.39 is 29.1 Å². The highest BCUT2D eigenvalue weighted by atomic mass is 35.5. The Hall–Kier alpha value is -3.59. The maximum absolute atomic E-state index is 13.0. The molecule has 2 N–H and O–H groups in total. The van der Waals surface area contributed by atoms with Crippen LogP contribution < -0.4 is 16.4 Å². The van der Waals surface area contributed by atoms with Gasteiger partial charge in [0, 0.05) is 17.3 Å². The second kappa shape index (κ2) is 9.05. The number of nitrogens with zero attached hydrogens (tertiary/aromatic N) is 1. The van der Waals surface area contributed by atoms with Gasteiger partial charge in [-0.2, -0.15) is 13.2 Å². The van der Waals surface area contributed by atoms with Crippen LogP contribution in [0.15, 0.2) is 71.7 Å². The van der Waals surface area contributed by atoms with Gasteiger partial charge in [-0.05, 0) is 35.9 Å². The highest BCUT2D eigenvalue weighted by Gasteiger charge is 2.34. The molecule has 0 saturated carbocycles. The van der Waals surface area contributed by atoms with E-state index in [1.165, 1.54) is 29.0 Å². The van der Waals surface area contributed by atoms with Crippen molar-refractivity contribution >= 4 is 23.4 Å². The van der Waals surface area contributed by atoms with Gasteiger partial charge >= 0.3 is 6.18 Å². The second-order valence-corrected chi connectivity index (χ2v) is 6.90. The number of carbonyl (C=O) groups is 2. The first kappa shape index (κ1) is 22.1. The Morgan fingerprint density at radius 3 is 2.23 bits per heavy atom. The van der Waals surface area contributed by atoms with E-state index in [4.69, 9.17) is 11.6 Å². The monoisotopic (exact) mass is 449 g/mol. The van der Waals surface area contributed by atoms with Crippen molar-refractivity contribution in [2.24, 2.45) is 0 Å². The topological polar surface area (TPSA) is 80.2 Å². The van der Waals surface area contributed by atoms with Crippen molar-refractivity contribution in [3.05, 3.63) is 104 Å². The van der Waals surface area contributed by atoms with Crippen molar-refractivity contribution < 1.29 is 22.8 Å². The number of carbonyl (C=O) groups excluding carboxylic acids is 2. The normalized spacial score (nSPS) is 11.1. The quantitative estimate of drug-likeness (QED) is 0.597. The largest absolute Gasteiger partial charge is 0.417 e. The first-order valence-corrected chi connectivity index (χ1v) is 9.25. The summed E-state index contributed by atoms with van der Waals surface area (Å²) in [5, 5.41) is 0.534. The summed E-state index contributed by atoms with van der Waals surface area (Å²) in [4.78, 5) is 36.6. The zero-order chi connectivity index (χ0) is 22.6. The number of pyridine rings is 1. The summed E-state index contributed by atoms with van der Waals surface area (Å²) in [6.45, 7) is 0.169. The molecular weight excluding hydrogens is 435 g/mol. The molecular formula is C21H15ClF3N3O3. The number of benzene rings is 2. The van der Waals surface area contributed by atoms with E-state index in [1.807, 2.05) is 5.43 Å². The van der Waals surface area contributed by atoms with Gasteiger partial charge in [0.15, 0.2) is 0 Å². The van der Waals surface area contributed by atoms with Crippen LogP contribution in [0.2, 0.25) is 5.02 Å². The van der Waals surface area contributed by atoms with Crippen molar-refractivity contribution in [1.29, 1.82) is 0 Å². The number of aromatic nitrogens is 1. The van der Waals surface area contributed by atoms with E-state index in [2.05, 4.69) is 5.43 Å². The lowest BCUT2D eigenvalue weighted by atomic mass is 10.1. The van der Waals surface area contributed by atoms with Crippen LogP contribution in [0.4, 0.5) is 13.2 Å². The second-order valence-electron chi connectivity index (χ2n) is 6.46. The zero-order valence-electron chi connectivity index (χ0n) is 15.7. The minimum Gasteiger partial charge on any atom is -0.310 e. The van der Waals surface area contributed by atoms with Crippen molar-refractivity contribution in [2.75, 3.05) is 0 Å². The Balaban J connectivity index is 1.72. The fourth-order valence-corrected chi connectivity index (χ4v) is 2.88. The van der Waals surface area contributed by atoms with Gasteiger partial charge in [-0.15, -0.1) is 0 Å². The number of nitrogens with one attached hydrogen (secondary N) is 2. The predicted octanol–water partition coefficient (Wildman–Crippen LogP) is 3.64. The lowest BCUT2D eigenvalue weighted by molar-refractivity contribution is -0.137. The smallest absolute Gasteiger partial charge is 0.310 e. The van der Waals surface area contributed by atoms with Gasteiger partial charge < -0.3 is 4.57 Å². The minimum absolute atomic E-state index is 0.0259. The lowest BCUT2D eigenvalue weighted by Crippen LogP contribution is -2.42. The molecule has 0 radical (unpaired) electrons. The van der Waals surface area contributed by atoms with Crippen molar-refractivity contribution in [3.8, 4) is 0 Å². The molecule has 0 aliphatic rings. The summed E-state index contributed by atoms with van der Waals surface area (Å²) in [5.41, 5.74) is 2.68. The maximum atomic E-state index is 13.0. The first-order chi connectivity index (χ1) is 14.6. The third-order valence-electron chi connectivity index (χ3n) is 4.28. The van der Waals surface area contributed by atoms with Gasteiger partial charge in [-0.25, -0.2) is 0 Å². The third-order valence-corrected chi connectivity index (χ3v) is 4.53. The Bertz CT molecular complexity index is 1170. The third kappa shape index (κ3) is 5.52. The fourth-order valence-electron chi connectivity index (χ4n) is 2.76. The molecule has 3 aromatic rings. The molecule has 6 nitrogen and oxygen atoms in total. The number of alkyl halides is 3. The molecule has 2 amide bonds. The van der Waals surface area contributed by atoms with Crippen LogP contribution in [0.3, 0.4) is 0 Å². The van der Waals surface area contributed by atoms with E-state index in [0.717, 1.165) is 23.8 Å². The molecule has 31 heavy (non-hydrogen) atoms. The molecule has 0 atom stereocenters. The molecule has 0 unspecified atom stereocenters. The van der Waals surface area contributed by atoms with Gasteiger partial charge in [0.05, 0.1) is 23.2 Å². The van der Waals surface area contributed by atoms with Gasteiger partial charge in [0.1, 0.15) is 0 Å². The Morgan fingerprint density at radius 2 is 1.55 bits per heavy atom. The molecule has 0 aliphatic carbocycles.